The minimum absolute atomic E-state index is 0.0380. The molecule has 0 unspecified atom stereocenters. The number of sulfone groups is 1. The molecule has 1 aromatic heterocycles. The summed E-state index contributed by atoms with van der Waals surface area (Å²) in [6.07, 6.45) is -8.41. The quantitative estimate of drug-likeness (QED) is 0.150. The molecule has 0 spiro atoms. The molecule has 1 aliphatic heterocycles. The molecule has 2 N–H and O–H groups in total. The van der Waals surface area contributed by atoms with Gasteiger partial charge in [-0.05, 0) is 74.0 Å². The van der Waals surface area contributed by atoms with Crippen LogP contribution in [0.1, 0.15) is 45.1 Å². The Morgan fingerprint density at radius 1 is 1.06 bits per heavy atom. The maximum atomic E-state index is 14.3. The highest BCUT2D eigenvalue weighted by molar-refractivity contribution is 7.91. The molecule has 4 atom stereocenters. The minimum atomic E-state index is -5.50. The van der Waals surface area contributed by atoms with E-state index in [9.17, 15) is 44.3 Å². The van der Waals surface area contributed by atoms with E-state index in [1.54, 1.807) is 18.2 Å². The molecule has 9 nitrogen and oxygen atoms in total. The van der Waals surface area contributed by atoms with E-state index in [0.29, 0.717) is 31.7 Å². The summed E-state index contributed by atoms with van der Waals surface area (Å²) in [7, 11) is -3.87. The fraction of sp³-hybridized carbons (Fsp3) is 0.485. The fourth-order valence-electron chi connectivity index (χ4n) is 6.57. The van der Waals surface area contributed by atoms with Crippen LogP contribution in [-0.2, 0) is 30.3 Å². The van der Waals surface area contributed by atoms with Crippen LogP contribution >= 0.6 is 0 Å². The number of likely N-dealkylation sites (tertiary alicyclic amines) is 1. The number of aromatic nitrogens is 1. The number of halogens is 6. The highest BCUT2D eigenvalue weighted by Crippen LogP contribution is 2.40. The van der Waals surface area contributed by atoms with Crippen LogP contribution in [0.2, 0.25) is 0 Å². The molecule has 0 radical (unpaired) electrons. The second-order valence-electron chi connectivity index (χ2n) is 12.9. The number of pyridine rings is 1. The maximum Gasteiger partial charge on any atom is 0.491 e. The molecular formula is C33H36F6N4O5S. The van der Waals surface area contributed by atoms with Gasteiger partial charge in [0.05, 0.1) is 21.7 Å². The Morgan fingerprint density at radius 3 is 2.43 bits per heavy atom. The van der Waals surface area contributed by atoms with Gasteiger partial charge < -0.3 is 20.3 Å². The highest BCUT2D eigenvalue weighted by atomic mass is 32.2. The topological polar surface area (TPSA) is 118 Å². The Bertz CT molecular complexity index is 1790. The molecule has 2 aliphatic rings. The van der Waals surface area contributed by atoms with Crippen LogP contribution in [-0.4, -0.2) is 73.0 Å². The minimum Gasteiger partial charge on any atom is -0.423 e. The average Bonchev–Trinajstić information content (AvgIpc) is 3.34. The molecule has 3 aromatic rings. The second-order valence-corrected chi connectivity index (χ2v) is 14.9. The van der Waals surface area contributed by atoms with Crippen LogP contribution in [0.15, 0.2) is 65.7 Å². The fourth-order valence-corrected chi connectivity index (χ4v) is 8.25. The van der Waals surface area contributed by atoms with Crippen LogP contribution in [0.25, 0.3) is 10.9 Å². The van der Waals surface area contributed by atoms with Crippen molar-refractivity contribution in [3.05, 3.63) is 66.4 Å². The van der Waals surface area contributed by atoms with Gasteiger partial charge in [0.1, 0.15) is 0 Å². The van der Waals surface area contributed by atoms with Gasteiger partial charge in [-0.15, -0.1) is 0 Å². The molecule has 2 aromatic carbocycles. The van der Waals surface area contributed by atoms with Gasteiger partial charge in [0.25, 0.3) is 11.6 Å². The van der Waals surface area contributed by atoms with Crippen molar-refractivity contribution < 1.29 is 49.1 Å². The number of amides is 1. The lowest BCUT2D eigenvalue weighted by Gasteiger charge is -2.42. The summed E-state index contributed by atoms with van der Waals surface area (Å²) >= 11 is 0. The largest absolute Gasteiger partial charge is 0.491 e. The van der Waals surface area contributed by atoms with Gasteiger partial charge >= 0.3 is 18.3 Å². The van der Waals surface area contributed by atoms with Gasteiger partial charge in [-0.25, -0.2) is 13.2 Å². The zero-order chi connectivity index (χ0) is 35.8. The van der Waals surface area contributed by atoms with Gasteiger partial charge in [-0.1, -0.05) is 32.0 Å². The molecule has 1 saturated heterocycles. The number of ether oxygens (including phenoxy) is 1. The van der Waals surface area contributed by atoms with Crippen molar-refractivity contribution in [2.75, 3.05) is 24.2 Å². The molecule has 1 amide bonds. The van der Waals surface area contributed by atoms with Crippen molar-refractivity contribution in [3.8, 4) is 0 Å². The number of nitrogens with zero attached hydrogens (tertiary/aromatic N) is 2. The first kappa shape index (κ1) is 36.4. The number of carbonyl (C=O) groups excluding carboxylic acids is 2. The van der Waals surface area contributed by atoms with Crippen molar-refractivity contribution in [3.63, 3.8) is 0 Å². The molecule has 16 heteroatoms. The summed E-state index contributed by atoms with van der Waals surface area (Å²) < 4.78 is 113. The first-order chi connectivity index (χ1) is 22.9. The van der Waals surface area contributed by atoms with Crippen molar-refractivity contribution in [1.29, 1.82) is 0 Å². The van der Waals surface area contributed by atoms with Crippen LogP contribution in [0.5, 0.6) is 0 Å². The third-order valence-electron chi connectivity index (χ3n) is 8.91. The number of fused-ring (bicyclic) bond motifs is 1. The molecule has 0 bridgehead atoms. The summed E-state index contributed by atoms with van der Waals surface area (Å²) in [5, 5.41) is 5.82. The Labute approximate surface area is 279 Å². The second kappa shape index (κ2) is 13.8. The van der Waals surface area contributed by atoms with E-state index in [4.69, 9.17) is 4.74 Å². The monoisotopic (exact) mass is 714 g/mol. The van der Waals surface area contributed by atoms with Crippen molar-refractivity contribution >= 4 is 38.3 Å². The number of hydrogen-bond donors (Lipinski definition) is 2. The van der Waals surface area contributed by atoms with Gasteiger partial charge in [0.2, 0.25) is 0 Å². The Morgan fingerprint density at radius 2 is 1.78 bits per heavy atom. The number of alkyl halides is 6. The van der Waals surface area contributed by atoms with E-state index < -0.39 is 63.7 Å². The third kappa shape index (κ3) is 8.11. The highest BCUT2D eigenvalue weighted by Gasteiger charge is 2.57. The lowest BCUT2D eigenvalue weighted by atomic mass is 9.81. The molecule has 1 saturated carbocycles. The SMILES string of the molecule is CC(C)CN[C@@H]1CC[C@H](N2CC[C@@](Nc3ccnc4ccc(C(F)(F)F)cc34)(OC(=O)C(F)(F)F)C2=O)[C@H](CS(=O)(=O)c2ccccc2)C1. The molecule has 2 fully saturated rings. The van der Waals surface area contributed by atoms with Crippen LogP contribution in [0, 0.1) is 11.8 Å². The van der Waals surface area contributed by atoms with E-state index in [0.717, 1.165) is 18.2 Å². The van der Waals surface area contributed by atoms with Gasteiger partial charge in [0.15, 0.2) is 9.84 Å². The number of anilines is 1. The van der Waals surface area contributed by atoms with E-state index in [2.05, 4.69) is 15.6 Å². The van der Waals surface area contributed by atoms with E-state index in [1.165, 1.54) is 29.3 Å². The van der Waals surface area contributed by atoms with Crippen molar-refractivity contribution in [2.24, 2.45) is 11.8 Å². The predicted octanol–water partition coefficient (Wildman–Crippen LogP) is 5.96. The molecule has 49 heavy (non-hydrogen) atoms. The number of rotatable bonds is 10. The zero-order valence-electron chi connectivity index (χ0n) is 26.6. The summed E-state index contributed by atoms with van der Waals surface area (Å²) in [4.78, 5) is 31.9. The van der Waals surface area contributed by atoms with Crippen molar-refractivity contribution in [1.82, 2.24) is 15.2 Å². The van der Waals surface area contributed by atoms with Gasteiger partial charge in [0, 0.05) is 42.3 Å². The predicted molar refractivity (Wildman–Crippen MR) is 168 cm³/mol. The smallest absolute Gasteiger partial charge is 0.423 e. The van der Waals surface area contributed by atoms with Gasteiger partial charge in [-0.2, -0.15) is 26.3 Å². The normalized spacial score (nSPS) is 23.7. The average molecular weight is 715 g/mol. The molecule has 266 valence electrons. The summed E-state index contributed by atoms with van der Waals surface area (Å²) in [6, 6.07) is 10.7. The van der Waals surface area contributed by atoms with Crippen LogP contribution in [0.4, 0.5) is 32.0 Å². The standard InChI is InChI=1S/C33H36F6N4O5S/c1-20(2)18-41-23-9-11-28(21(16-23)19-49(46,47)24-6-4-3-5-7-24)43-15-13-31(29(43)44,48-30(45)33(37,38)39)42-27-12-14-40-26-10-8-22(17-25(26)27)32(34,35)36/h3-8,10,12,14,17,20-21,23,28,41H,9,11,13,15-16,18-19H2,1-2H3,(H,40,42)/t21-,23+,28-,31+/m0/s1. The van der Waals surface area contributed by atoms with E-state index in [1.807, 2.05) is 13.8 Å². The summed E-state index contributed by atoms with van der Waals surface area (Å²) in [5.74, 6) is -4.45. The number of carbonyl (C=O) groups is 2. The Kier molecular flexibility index (Phi) is 10.2. The summed E-state index contributed by atoms with van der Waals surface area (Å²) in [6.45, 7) is 4.48. The van der Waals surface area contributed by atoms with Gasteiger partial charge in [-0.3, -0.25) is 9.78 Å². The number of hydrogen-bond acceptors (Lipinski definition) is 8. The lowest BCUT2D eigenvalue weighted by molar-refractivity contribution is -0.211. The molecule has 5 rings (SSSR count). The van der Waals surface area contributed by atoms with E-state index in [-0.39, 0.29) is 39.8 Å². The first-order valence-electron chi connectivity index (χ1n) is 15.8. The summed E-state index contributed by atoms with van der Waals surface area (Å²) in [5.41, 5.74) is -3.91. The van der Waals surface area contributed by atoms with Crippen LogP contribution < -0.4 is 10.6 Å². The lowest BCUT2D eigenvalue weighted by Crippen LogP contribution is -2.56. The molecule has 2 heterocycles. The zero-order valence-corrected chi connectivity index (χ0v) is 27.5. The maximum absolute atomic E-state index is 14.3. The third-order valence-corrected chi connectivity index (χ3v) is 10.8. The molecular weight excluding hydrogens is 678 g/mol. The molecule has 1 aliphatic carbocycles. The van der Waals surface area contributed by atoms with Crippen molar-refractivity contribution in [2.45, 2.75) is 74.6 Å². The van der Waals surface area contributed by atoms with Crippen LogP contribution in [0.3, 0.4) is 0 Å². The van der Waals surface area contributed by atoms with E-state index >= 15 is 0 Å². The first-order valence-corrected chi connectivity index (χ1v) is 17.4. The Balaban J connectivity index is 1.51. The number of benzene rings is 2. The number of esters is 1. The number of nitrogens with one attached hydrogen (secondary N) is 2. The Hall–Kier alpha value is -3.92.